The number of aromatic carboxylic acids is 1. The quantitative estimate of drug-likeness (QED) is 0.752. The monoisotopic (exact) mass is 343 g/mol. The Balaban J connectivity index is 1.82. The fraction of sp³-hybridized carbons (Fsp3) is 0.188. The number of aryl methyl sites for hydroxylation is 2. The number of nitrogens with zero attached hydrogens (tertiary/aromatic N) is 2. The van der Waals surface area contributed by atoms with Crippen LogP contribution in [0.5, 0.6) is 11.5 Å². The molecule has 0 radical (unpaired) electrons. The molecule has 0 bridgehead atoms. The number of thiophene rings is 1. The number of fused-ring (bicyclic) bond motifs is 2. The molecule has 0 unspecified atom stereocenters. The fourth-order valence-electron chi connectivity index (χ4n) is 2.65. The van der Waals surface area contributed by atoms with E-state index in [2.05, 4.69) is 15.3 Å². The van der Waals surface area contributed by atoms with Gasteiger partial charge in [-0.1, -0.05) is 0 Å². The number of carboxylic acids is 1. The molecule has 4 rings (SSSR count). The molecule has 2 aromatic heterocycles. The van der Waals surface area contributed by atoms with Crippen molar-refractivity contribution in [3.63, 3.8) is 0 Å². The minimum absolute atomic E-state index is 0.210. The number of rotatable bonds is 3. The summed E-state index contributed by atoms with van der Waals surface area (Å²) >= 11 is 1.16. The van der Waals surface area contributed by atoms with Crippen LogP contribution < -0.4 is 14.8 Å². The van der Waals surface area contributed by atoms with Gasteiger partial charge in [-0.2, -0.15) is 0 Å². The molecule has 0 saturated heterocycles. The molecule has 0 aliphatic carbocycles. The van der Waals surface area contributed by atoms with Gasteiger partial charge in [0.15, 0.2) is 11.5 Å². The van der Waals surface area contributed by atoms with Crippen LogP contribution in [0, 0.1) is 13.8 Å². The predicted octanol–water partition coefficient (Wildman–Crippen LogP) is 3.48. The van der Waals surface area contributed by atoms with E-state index >= 15 is 0 Å². The van der Waals surface area contributed by atoms with Crippen molar-refractivity contribution in [3.8, 4) is 11.5 Å². The highest BCUT2D eigenvalue weighted by Gasteiger charge is 2.20. The largest absolute Gasteiger partial charge is 0.477 e. The highest BCUT2D eigenvalue weighted by Crippen LogP contribution is 2.38. The zero-order valence-electron chi connectivity index (χ0n) is 12.9. The smallest absolute Gasteiger partial charge is 0.346 e. The van der Waals surface area contributed by atoms with Gasteiger partial charge < -0.3 is 19.9 Å². The highest BCUT2D eigenvalue weighted by molar-refractivity contribution is 7.20. The first-order valence-electron chi connectivity index (χ1n) is 7.20. The van der Waals surface area contributed by atoms with E-state index in [0.717, 1.165) is 22.4 Å². The van der Waals surface area contributed by atoms with Gasteiger partial charge in [-0.25, -0.2) is 14.8 Å². The average molecular weight is 343 g/mol. The van der Waals surface area contributed by atoms with Gasteiger partial charge in [0, 0.05) is 11.8 Å². The Kier molecular flexibility index (Phi) is 3.27. The molecule has 7 nitrogen and oxygen atoms in total. The van der Waals surface area contributed by atoms with E-state index in [1.165, 1.54) is 0 Å². The summed E-state index contributed by atoms with van der Waals surface area (Å²) in [5.41, 5.74) is 1.44. The van der Waals surface area contributed by atoms with Crippen LogP contribution in [-0.4, -0.2) is 27.8 Å². The van der Waals surface area contributed by atoms with Crippen molar-refractivity contribution in [2.24, 2.45) is 0 Å². The molecular weight excluding hydrogens is 330 g/mol. The summed E-state index contributed by atoms with van der Waals surface area (Å²) in [5, 5.41) is 13.3. The maximum atomic E-state index is 11.4. The van der Waals surface area contributed by atoms with Crippen LogP contribution in [0.15, 0.2) is 18.2 Å². The van der Waals surface area contributed by atoms with Crippen molar-refractivity contribution < 1.29 is 19.4 Å². The Morgan fingerprint density at radius 2 is 2.04 bits per heavy atom. The molecule has 1 aliphatic heterocycles. The lowest BCUT2D eigenvalue weighted by Gasteiger charge is -2.09. The first-order valence-corrected chi connectivity index (χ1v) is 8.02. The molecule has 3 heterocycles. The van der Waals surface area contributed by atoms with E-state index < -0.39 is 5.97 Å². The number of nitrogens with one attached hydrogen (secondary N) is 1. The Morgan fingerprint density at radius 1 is 1.25 bits per heavy atom. The third-order valence-corrected chi connectivity index (χ3v) is 4.91. The number of ether oxygens (including phenoxy) is 2. The van der Waals surface area contributed by atoms with Gasteiger partial charge in [0.1, 0.15) is 21.3 Å². The summed E-state index contributed by atoms with van der Waals surface area (Å²) in [6, 6.07) is 5.50. The van der Waals surface area contributed by atoms with Crippen molar-refractivity contribution in [2.75, 3.05) is 12.1 Å². The van der Waals surface area contributed by atoms with E-state index in [9.17, 15) is 9.90 Å². The Morgan fingerprint density at radius 3 is 2.83 bits per heavy atom. The maximum Gasteiger partial charge on any atom is 0.346 e. The van der Waals surface area contributed by atoms with Crippen LogP contribution in [0.25, 0.3) is 10.2 Å². The Labute approximate surface area is 140 Å². The molecule has 0 saturated carbocycles. The fourth-order valence-corrected chi connectivity index (χ4v) is 3.72. The molecule has 0 fully saturated rings. The summed E-state index contributed by atoms with van der Waals surface area (Å²) in [4.78, 5) is 21.1. The Hall–Kier alpha value is -2.87. The van der Waals surface area contributed by atoms with Gasteiger partial charge in [0.2, 0.25) is 6.79 Å². The number of benzene rings is 1. The van der Waals surface area contributed by atoms with Crippen LogP contribution in [0.1, 0.15) is 21.1 Å². The lowest BCUT2D eigenvalue weighted by atomic mass is 10.2. The number of hydrogen-bond acceptors (Lipinski definition) is 7. The molecular formula is C16H13N3O4S. The van der Waals surface area contributed by atoms with Gasteiger partial charge in [-0.15, -0.1) is 11.3 Å². The van der Waals surface area contributed by atoms with Crippen molar-refractivity contribution in [1.82, 2.24) is 9.97 Å². The molecule has 3 aromatic rings. The van der Waals surface area contributed by atoms with Crippen LogP contribution >= 0.6 is 11.3 Å². The van der Waals surface area contributed by atoms with Gasteiger partial charge in [0.05, 0.1) is 5.39 Å². The number of hydrogen-bond donors (Lipinski definition) is 2. The van der Waals surface area contributed by atoms with E-state index in [4.69, 9.17) is 9.47 Å². The predicted molar refractivity (Wildman–Crippen MR) is 89.7 cm³/mol. The molecule has 122 valence electrons. The SMILES string of the molecule is Cc1nc(Nc2ccc3c(c2)OCO3)c2c(C)c(C(=O)O)sc2n1. The normalized spacial score (nSPS) is 12.6. The lowest BCUT2D eigenvalue weighted by molar-refractivity contribution is 0.0701. The minimum Gasteiger partial charge on any atom is -0.477 e. The van der Waals surface area contributed by atoms with Gasteiger partial charge >= 0.3 is 5.97 Å². The average Bonchev–Trinajstić information content (AvgIpc) is 3.11. The van der Waals surface area contributed by atoms with Crippen LogP contribution in [0.2, 0.25) is 0 Å². The minimum atomic E-state index is -0.956. The van der Waals surface area contributed by atoms with E-state index in [1.54, 1.807) is 13.8 Å². The zero-order valence-corrected chi connectivity index (χ0v) is 13.7. The molecule has 0 amide bonds. The van der Waals surface area contributed by atoms with Gasteiger partial charge in [-0.3, -0.25) is 0 Å². The summed E-state index contributed by atoms with van der Waals surface area (Å²) in [5.74, 6) is 1.56. The molecule has 1 aromatic carbocycles. The summed E-state index contributed by atoms with van der Waals surface area (Å²) in [7, 11) is 0. The van der Waals surface area contributed by atoms with Crippen molar-refractivity contribution in [2.45, 2.75) is 13.8 Å². The second-order valence-electron chi connectivity index (χ2n) is 5.35. The summed E-state index contributed by atoms with van der Waals surface area (Å²) < 4.78 is 10.7. The summed E-state index contributed by atoms with van der Waals surface area (Å²) in [6.07, 6.45) is 0. The molecule has 0 spiro atoms. The number of aromatic nitrogens is 2. The second-order valence-corrected chi connectivity index (χ2v) is 6.35. The highest BCUT2D eigenvalue weighted by atomic mass is 32.1. The first-order chi connectivity index (χ1) is 11.5. The van der Waals surface area contributed by atoms with Crippen LogP contribution in [0.4, 0.5) is 11.5 Å². The van der Waals surface area contributed by atoms with E-state index in [1.807, 2.05) is 18.2 Å². The number of anilines is 2. The third kappa shape index (κ3) is 2.31. The zero-order chi connectivity index (χ0) is 16.8. The van der Waals surface area contributed by atoms with Crippen molar-refractivity contribution >= 4 is 39.0 Å². The van der Waals surface area contributed by atoms with E-state index in [-0.39, 0.29) is 11.7 Å². The summed E-state index contributed by atoms with van der Waals surface area (Å²) in [6.45, 7) is 3.76. The standard InChI is InChI=1S/C16H13N3O4S/c1-7-12-14(17-8(2)18-15(12)24-13(7)16(20)21)19-9-3-4-10-11(5-9)23-6-22-10/h3-5H,6H2,1-2H3,(H,20,21)(H,17,18,19). The topological polar surface area (TPSA) is 93.6 Å². The van der Waals surface area contributed by atoms with Gasteiger partial charge in [-0.05, 0) is 31.5 Å². The number of carboxylic acid groups (broad SMARTS) is 1. The van der Waals surface area contributed by atoms with Crippen LogP contribution in [-0.2, 0) is 0 Å². The molecule has 24 heavy (non-hydrogen) atoms. The molecule has 0 atom stereocenters. The van der Waals surface area contributed by atoms with Crippen LogP contribution in [0.3, 0.4) is 0 Å². The lowest BCUT2D eigenvalue weighted by Crippen LogP contribution is -1.99. The number of carbonyl (C=O) groups is 1. The Bertz CT molecular complexity index is 983. The van der Waals surface area contributed by atoms with E-state index in [0.29, 0.717) is 33.5 Å². The second kappa shape index (κ2) is 5.34. The van der Waals surface area contributed by atoms with Crippen molar-refractivity contribution in [3.05, 3.63) is 34.5 Å². The first kappa shape index (κ1) is 14.7. The third-order valence-electron chi connectivity index (χ3n) is 3.73. The van der Waals surface area contributed by atoms with Gasteiger partial charge in [0.25, 0.3) is 0 Å². The molecule has 8 heteroatoms. The maximum absolute atomic E-state index is 11.4. The van der Waals surface area contributed by atoms with Crippen molar-refractivity contribution in [1.29, 1.82) is 0 Å². The molecule has 2 N–H and O–H groups in total. The molecule has 1 aliphatic rings.